The average molecular weight is 998 g/mol. The summed E-state index contributed by atoms with van der Waals surface area (Å²) in [5.74, 6) is -0.211. The number of amides is 1. The highest BCUT2D eigenvalue weighted by Gasteiger charge is 2.23. The summed E-state index contributed by atoms with van der Waals surface area (Å²) in [6.07, 6.45) is 73.8. The summed E-state index contributed by atoms with van der Waals surface area (Å²) in [6, 6.07) is -0.903. The van der Waals surface area contributed by atoms with E-state index in [1.807, 2.05) is 27.2 Å². The third kappa shape index (κ3) is 53.2. The number of hydrogen-bond acceptors (Lipinski definition) is 6. The molecule has 0 fully saturated rings. The first-order valence-electron chi connectivity index (χ1n) is 28.6. The summed E-state index contributed by atoms with van der Waals surface area (Å²) in [4.78, 5) is 25.3. The van der Waals surface area contributed by atoms with Gasteiger partial charge in [-0.25, -0.2) is 0 Å². The SMILES string of the molecule is CC/C=C\C/C=C\C/C=C\C/C=C\C/C=C\C/C=C\CCCCCCCCCCCCCCCCCCCCCCC(=O)NC(COP(=O)([O-])OCC[N+](C)(C)C)C(O)/C=C/CC/C=C/CCCCC. The number of phosphoric ester groups is 1. The van der Waals surface area contributed by atoms with Crippen molar-refractivity contribution >= 4 is 13.7 Å². The van der Waals surface area contributed by atoms with Crippen LogP contribution >= 0.6 is 7.82 Å². The maximum Gasteiger partial charge on any atom is 0.268 e. The third-order valence-corrected chi connectivity index (χ3v) is 13.2. The highest BCUT2D eigenvalue weighted by Crippen LogP contribution is 2.38. The zero-order chi connectivity index (χ0) is 51.3. The Morgan fingerprint density at radius 2 is 0.886 bits per heavy atom. The minimum Gasteiger partial charge on any atom is -0.756 e. The van der Waals surface area contributed by atoms with Crippen molar-refractivity contribution in [1.29, 1.82) is 0 Å². The lowest BCUT2D eigenvalue weighted by atomic mass is 10.0. The van der Waals surface area contributed by atoms with Gasteiger partial charge >= 0.3 is 0 Å². The van der Waals surface area contributed by atoms with E-state index in [-0.39, 0.29) is 12.5 Å². The van der Waals surface area contributed by atoms with E-state index in [9.17, 15) is 19.4 Å². The molecule has 0 aliphatic heterocycles. The lowest BCUT2D eigenvalue weighted by Gasteiger charge is -2.29. The molecule has 9 heteroatoms. The number of likely N-dealkylation sites (N-methyl/N-ethyl adjacent to an activating group) is 1. The molecule has 0 aliphatic rings. The molecule has 0 saturated heterocycles. The van der Waals surface area contributed by atoms with Crippen molar-refractivity contribution in [1.82, 2.24) is 5.32 Å². The number of phosphoric acid groups is 1. The fraction of sp³-hybridized carbons (Fsp3) is 0.721. The minimum absolute atomic E-state index is 0.00861. The van der Waals surface area contributed by atoms with Crippen molar-refractivity contribution in [2.75, 3.05) is 40.9 Å². The molecule has 0 bridgehead atoms. The molecule has 3 atom stereocenters. The number of unbranched alkanes of at least 4 members (excludes halogenated alkanes) is 24. The van der Waals surface area contributed by atoms with Crippen LogP contribution in [0, 0.1) is 0 Å². The summed E-state index contributed by atoms with van der Waals surface area (Å²) in [7, 11) is 1.24. The Labute approximate surface area is 432 Å². The van der Waals surface area contributed by atoms with E-state index in [2.05, 4.69) is 104 Å². The lowest BCUT2D eigenvalue weighted by Crippen LogP contribution is -2.45. The van der Waals surface area contributed by atoms with Gasteiger partial charge in [-0.1, -0.05) is 239 Å². The monoisotopic (exact) mass is 997 g/mol. The van der Waals surface area contributed by atoms with E-state index in [4.69, 9.17) is 9.05 Å². The van der Waals surface area contributed by atoms with Crippen LogP contribution in [0.3, 0.4) is 0 Å². The zero-order valence-corrected chi connectivity index (χ0v) is 46.8. The van der Waals surface area contributed by atoms with Crippen LogP contribution in [-0.4, -0.2) is 68.5 Å². The lowest BCUT2D eigenvalue weighted by molar-refractivity contribution is -0.870. The largest absolute Gasteiger partial charge is 0.756 e. The standard InChI is InChI=1S/C61H109N2O6P/c1-6-8-10-12-14-16-17-18-19-20-21-22-23-24-25-26-27-28-29-30-31-32-33-34-35-36-37-38-39-40-41-42-43-44-45-47-49-51-53-55-61(65)62-59(58-69-70(66,67)68-57-56-63(3,4)5)60(64)54-52-50-48-46-15-13-11-9-7-2/h8,10,14-16,18-19,21-22,24-25,27-28,46,52,54,59-60,64H,6-7,9,11-13,17,20,23,26,29-45,47-51,53,55-58H2,1-5H3,(H-,62,65,66,67)/b10-8-,16-14-,19-18-,22-21-,25-24-,28-27-,46-15+,54-52+. The van der Waals surface area contributed by atoms with E-state index in [0.29, 0.717) is 17.4 Å². The minimum atomic E-state index is -4.60. The van der Waals surface area contributed by atoms with Crippen LogP contribution in [0.4, 0.5) is 0 Å². The van der Waals surface area contributed by atoms with Gasteiger partial charge in [0.25, 0.3) is 7.82 Å². The first-order chi connectivity index (χ1) is 34.0. The number of rotatable bonds is 51. The quantitative estimate of drug-likeness (QED) is 0.0272. The van der Waals surface area contributed by atoms with Crippen molar-refractivity contribution in [2.24, 2.45) is 0 Å². The van der Waals surface area contributed by atoms with Crippen molar-refractivity contribution < 1.29 is 32.9 Å². The Bertz CT molecular complexity index is 1460. The summed E-state index contributed by atoms with van der Waals surface area (Å²) in [6.45, 7) is 4.45. The van der Waals surface area contributed by atoms with Crippen LogP contribution in [0.25, 0.3) is 0 Å². The predicted octanol–water partition coefficient (Wildman–Crippen LogP) is 16.8. The molecule has 0 saturated carbocycles. The predicted molar refractivity (Wildman–Crippen MR) is 302 cm³/mol. The van der Waals surface area contributed by atoms with Crippen LogP contribution in [0.1, 0.15) is 232 Å². The number of aliphatic hydroxyl groups is 1. The molecule has 8 nitrogen and oxygen atoms in total. The molecule has 2 N–H and O–H groups in total. The van der Waals surface area contributed by atoms with Crippen LogP contribution in [0.15, 0.2) is 97.2 Å². The fourth-order valence-corrected chi connectivity index (χ4v) is 8.54. The molecule has 0 aromatic rings. The van der Waals surface area contributed by atoms with Gasteiger partial charge in [-0.15, -0.1) is 0 Å². The van der Waals surface area contributed by atoms with Gasteiger partial charge in [0.1, 0.15) is 13.2 Å². The molecule has 70 heavy (non-hydrogen) atoms. The molecular weight excluding hydrogens is 888 g/mol. The van der Waals surface area contributed by atoms with Gasteiger partial charge in [0, 0.05) is 6.42 Å². The van der Waals surface area contributed by atoms with E-state index < -0.39 is 26.6 Å². The average Bonchev–Trinajstić information content (AvgIpc) is 3.32. The number of nitrogens with one attached hydrogen (secondary N) is 1. The molecule has 0 aromatic heterocycles. The Hall–Kier alpha value is -2.58. The number of carbonyl (C=O) groups is 1. The molecule has 404 valence electrons. The Balaban J connectivity index is 3.88. The summed E-state index contributed by atoms with van der Waals surface area (Å²) < 4.78 is 23.2. The number of aliphatic hydroxyl groups excluding tert-OH is 1. The van der Waals surface area contributed by atoms with Crippen molar-refractivity contribution in [3.05, 3.63) is 97.2 Å². The van der Waals surface area contributed by atoms with Gasteiger partial charge in [0.15, 0.2) is 0 Å². The Morgan fingerprint density at radius 1 is 0.514 bits per heavy atom. The van der Waals surface area contributed by atoms with Crippen LogP contribution in [0.5, 0.6) is 0 Å². The van der Waals surface area contributed by atoms with Gasteiger partial charge in [-0.3, -0.25) is 9.36 Å². The van der Waals surface area contributed by atoms with E-state index in [1.54, 1.807) is 6.08 Å². The second-order valence-electron chi connectivity index (χ2n) is 20.3. The zero-order valence-electron chi connectivity index (χ0n) is 45.9. The number of carbonyl (C=O) groups excluding carboxylic acids is 1. The fourth-order valence-electron chi connectivity index (χ4n) is 7.82. The highest BCUT2D eigenvalue weighted by atomic mass is 31.2. The molecule has 0 heterocycles. The Morgan fingerprint density at radius 3 is 1.33 bits per heavy atom. The van der Waals surface area contributed by atoms with Crippen molar-refractivity contribution in [3.8, 4) is 0 Å². The van der Waals surface area contributed by atoms with Crippen LogP contribution in [-0.2, 0) is 18.4 Å². The number of quaternary nitrogens is 1. The first-order valence-corrected chi connectivity index (χ1v) is 30.1. The van der Waals surface area contributed by atoms with Gasteiger partial charge in [-0.2, -0.15) is 0 Å². The molecule has 0 aromatic carbocycles. The normalized spacial score (nSPS) is 14.7. The topological polar surface area (TPSA) is 108 Å². The van der Waals surface area contributed by atoms with Gasteiger partial charge in [0.05, 0.1) is 39.9 Å². The molecule has 0 radical (unpaired) electrons. The van der Waals surface area contributed by atoms with E-state index in [1.165, 1.54) is 135 Å². The molecule has 0 rings (SSSR count). The molecule has 0 spiro atoms. The Kier molecular flexibility index (Phi) is 49.4. The van der Waals surface area contributed by atoms with Crippen molar-refractivity contribution in [2.45, 2.75) is 244 Å². The first kappa shape index (κ1) is 67.4. The molecule has 0 aliphatic carbocycles. The maximum atomic E-state index is 12.9. The smallest absolute Gasteiger partial charge is 0.268 e. The van der Waals surface area contributed by atoms with Gasteiger partial charge in [-0.05, 0) is 83.5 Å². The summed E-state index contributed by atoms with van der Waals surface area (Å²) in [5.41, 5.74) is 0. The third-order valence-electron chi connectivity index (χ3n) is 12.3. The molecule has 1 amide bonds. The van der Waals surface area contributed by atoms with E-state index in [0.717, 1.165) is 77.0 Å². The molecule has 3 unspecified atom stereocenters. The van der Waals surface area contributed by atoms with Crippen LogP contribution < -0.4 is 10.2 Å². The van der Waals surface area contributed by atoms with Gasteiger partial charge < -0.3 is 28.8 Å². The van der Waals surface area contributed by atoms with E-state index >= 15 is 0 Å². The highest BCUT2D eigenvalue weighted by molar-refractivity contribution is 7.45. The molecular formula is C61H109N2O6P. The summed E-state index contributed by atoms with van der Waals surface area (Å²) in [5, 5.41) is 13.7. The van der Waals surface area contributed by atoms with Gasteiger partial charge in [0.2, 0.25) is 5.91 Å². The maximum absolute atomic E-state index is 12.9. The number of allylic oxidation sites excluding steroid dienone is 15. The second kappa shape index (κ2) is 51.3. The summed E-state index contributed by atoms with van der Waals surface area (Å²) >= 11 is 0. The number of hydrogen-bond donors (Lipinski definition) is 2. The number of nitrogens with zero attached hydrogens (tertiary/aromatic N) is 1. The van der Waals surface area contributed by atoms with Crippen LogP contribution in [0.2, 0.25) is 0 Å². The van der Waals surface area contributed by atoms with Crippen molar-refractivity contribution in [3.63, 3.8) is 0 Å². The second-order valence-corrected chi connectivity index (χ2v) is 21.7.